The van der Waals surface area contributed by atoms with E-state index in [9.17, 15) is 14.4 Å². The van der Waals surface area contributed by atoms with Crippen LogP contribution in [0.5, 0.6) is 0 Å². The van der Waals surface area contributed by atoms with Gasteiger partial charge < -0.3 is 9.52 Å². The number of furan rings is 1. The van der Waals surface area contributed by atoms with Gasteiger partial charge in [0.25, 0.3) is 11.1 Å². The highest BCUT2D eigenvalue weighted by Gasteiger charge is 2.36. The van der Waals surface area contributed by atoms with Crippen molar-refractivity contribution >= 4 is 52.2 Å². The van der Waals surface area contributed by atoms with E-state index in [0.717, 1.165) is 16.7 Å². The maximum absolute atomic E-state index is 12.7. The van der Waals surface area contributed by atoms with E-state index in [1.54, 1.807) is 48.5 Å². The topological polar surface area (TPSA) is 87.8 Å². The summed E-state index contributed by atoms with van der Waals surface area (Å²) < 4.78 is 5.72. The van der Waals surface area contributed by atoms with Crippen molar-refractivity contribution in [2.45, 2.75) is 0 Å². The Morgan fingerprint density at radius 3 is 2.55 bits per heavy atom. The normalized spacial score (nSPS) is 15.3. The summed E-state index contributed by atoms with van der Waals surface area (Å²) in [7, 11) is 0. The van der Waals surface area contributed by atoms with Gasteiger partial charge in [0.2, 0.25) is 0 Å². The molecule has 2 aromatic carbocycles. The zero-order valence-corrected chi connectivity index (χ0v) is 16.2. The monoisotopic (exact) mass is 425 g/mol. The molecule has 0 saturated carbocycles. The van der Waals surface area contributed by atoms with E-state index in [2.05, 4.69) is 0 Å². The molecule has 2 amide bonds. The number of anilines is 1. The van der Waals surface area contributed by atoms with Crippen LogP contribution >= 0.6 is 23.4 Å². The standard InChI is InChI=1S/C21H12ClNO5S/c22-14-4-6-15(7-5-14)23-19(24)18(29-21(23)27)11-16-8-9-17(28-16)12-2-1-3-13(10-12)20(25)26/h1-11H,(H,25,26)/b18-11+. The third-order valence-corrected chi connectivity index (χ3v) is 5.29. The van der Waals surface area contributed by atoms with Crippen molar-refractivity contribution in [2.75, 3.05) is 4.90 Å². The van der Waals surface area contributed by atoms with Crippen LogP contribution in [0.4, 0.5) is 10.5 Å². The summed E-state index contributed by atoms with van der Waals surface area (Å²) in [6.07, 6.45) is 1.49. The van der Waals surface area contributed by atoms with Gasteiger partial charge in [-0.05, 0) is 60.3 Å². The number of carbonyl (C=O) groups is 3. The predicted molar refractivity (Wildman–Crippen MR) is 111 cm³/mol. The Morgan fingerprint density at radius 1 is 1.07 bits per heavy atom. The molecule has 0 bridgehead atoms. The van der Waals surface area contributed by atoms with E-state index < -0.39 is 17.1 Å². The van der Waals surface area contributed by atoms with E-state index in [1.807, 2.05) is 0 Å². The minimum Gasteiger partial charge on any atom is -0.478 e. The van der Waals surface area contributed by atoms with Gasteiger partial charge in [-0.25, -0.2) is 9.69 Å². The molecule has 2 heterocycles. The third-order valence-electron chi connectivity index (χ3n) is 4.17. The molecule has 0 radical (unpaired) electrons. The summed E-state index contributed by atoms with van der Waals surface area (Å²) in [4.78, 5) is 37.4. The first kappa shape index (κ1) is 19.0. The van der Waals surface area contributed by atoms with Gasteiger partial charge in [-0.2, -0.15) is 0 Å². The highest BCUT2D eigenvalue weighted by molar-refractivity contribution is 8.19. The number of imide groups is 1. The number of hydrogen-bond acceptors (Lipinski definition) is 5. The second kappa shape index (κ2) is 7.62. The van der Waals surface area contributed by atoms with E-state index in [-0.39, 0.29) is 10.5 Å². The molecule has 144 valence electrons. The summed E-state index contributed by atoms with van der Waals surface area (Å²) in [5.41, 5.74) is 1.18. The number of rotatable bonds is 4. The van der Waals surface area contributed by atoms with Crippen LogP contribution in [-0.4, -0.2) is 22.2 Å². The molecule has 29 heavy (non-hydrogen) atoms. The Kier molecular flexibility index (Phi) is 5.00. The van der Waals surface area contributed by atoms with Crippen molar-refractivity contribution < 1.29 is 23.9 Å². The number of nitrogens with zero attached hydrogens (tertiary/aromatic N) is 1. The maximum atomic E-state index is 12.7. The van der Waals surface area contributed by atoms with E-state index in [0.29, 0.717) is 27.8 Å². The van der Waals surface area contributed by atoms with Gasteiger partial charge >= 0.3 is 5.97 Å². The fraction of sp³-hybridized carbons (Fsp3) is 0. The Bertz CT molecular complexity index is 1170. The van der Waals surface area contributed by atoms with Gasteiger partial charge in [0.15, 0.2) is 0 Å². The summed E-state index contributed by atoms with van der Waals surface area (Å²) >= 11 is 6.67. The van der Waals surface area contributed by atoms with Crippen molar-refractivity contribution in [3.8, 4) is 11.3 Å². The average Bonchev–Trinajstić information content (AvgIpc) is 3.28. The average molecular weight is 426 g/mol. The van der Waals surface area contributed by atoms with Gasteiger partial charge in [0.05, 0.1) is 16.2 Å². The summed E-state index contributed by atoms with van der Waals surface area (Å²) in [6, 6.07) is 16.1. The van der Waals surface area contributed by atoms with E-state index in [1.165, 1.54) is 18.2 Å². The number of thioether (sulfide) groups is 1. The molecule has 1 aromatic heterocycles. The van der Waals surface area contributed by atoms with Crippen LogP contribution in [0.3, 0.4) is 0 Å². The van der Waals surface area contributed by atoms with Crippen LogP contribution in [0.15, 0.2) is 70.0 Å². The molecule has 0 unspecified atom stereocenters. The minimum absolute atomic E-state index is 0.143. The van der Waals surface area contributed by atoms with Gasteiger partial charge in [-0.1, -0.05) is 23.7 Å². The third kappa shape index (κ3) is 3.83. The molecule has 1 saturated heterocycles. The molecule has 8 heteroatoms. The molecular formula is C21H12ClNO5S. The molecule has 1 N–H and O–H groups in total. The molecule has 0 aliphatic carbocycles. The molecule has 0 atom stereocenters. The first-order chi connectivity index (χ1) is 13.9. The summed E-state index contributed by atoms with van der Waals surface area (Å²) in [5, 5.41) is 9.21. The van der Waals surface area contributed by atoms with Crippen LogP contribution in [-0.2, 0) is 4.79 Å². The lowest BCUT2D eigenvalue weighted by molar-refractivity contribution is -0.113. The second-order valence-electron chi connectivity index (χ2n) is 6.08. The first-order valence-corrected chi connectivity index (χ1v) is 9.59. The van der Waals surface area contributed by atoms with Gasteiger partial charge in [0.1, 0.15) is 11.5 Å². The van der Waals surface area contributed by atoms with E-state index >= 15 is 0 Å². The molecule has 3 aromatic rings. The Morgan fingerprint density at radius 2 is 1.83 bits per heavy atom. The number of carbonyl (C=O) groups excluding carboxylic acids is 2. The predicted octanol–water partition coefficient (Wildman–Crippen LogP) is 5.54. The van der Waals surface area contributed by atoms with Crippen molar-refractivity contribution in [3.63, 3.8) is 0 Å². The lowest BCUT2D eigenvalue weighted by Crippen LogP contribution is -2.27. The molecule has 4 rings (SSSR count). The first-order valence-electron chi connectivity index (χ1n) is 8.39. The number of hydrogen-bond donors (Lipinski definition) is 1. The zero-order chi connectivity index (χ0) is 20.5. The lowest BCUT2D eigenvalue weighted by Gasteiger charge is -2.11. The SMILES string of the molecule is O=C(O)c1cccc(-c2ccc(/C=C3/SC(=O)N(c4ccc(Cl)cc4)C3=O)o2)c1. The zero-order valence-electron chi connectivity index (χ0n) is 14.7. The number of carboxylic acids is 1. The molecule has 0 spiro atoms. The van der Waals surface area contributed by atoms with Crippen LogP contribution in [0.2, 0.25) is 5.02 Å². The lowest BCUT2D eigenvalue weighted by atomic mass is 10.1. The number of benzene rings is 2. The number of carboxylic acid groups (broad SMARTS) is 1. The molecule has 1 fully saturated rings. The van der Waals surface area contributed by atoms with Gasteiger partial charge in [-0.3, -0.25) is 9.59 Å². The minimum atomic E-state index is -1.03. The highest BCUT2D eigenvalue weighted by Crippen LogP contribution is 2.36. The van der Waals surface area contributed by atoms with Crippen LogP contribution in [0.25, 0.3) is 17.4 Å². The quantitative estimate of drug-likeness (QED) is 0.552. The molecule has 1 aliphatic rings. The van der Waals surface area contributed by atoms with Gasteiger partial charge in [0, 0.05) is 16.7 Å². The highest BCUT2D eigenvalue weighted by atomic mass is 35.5. The molecule has 6 nitrogen and oxygen atoms in total. The van der Waals surface area contributed by atoms with Crippen molar-refractivity contribution in [1.29, 1.82) is 0 Å². The smallest absolute Gasteiger partial charge is 0.335 e. The van der Waals surface area contributed by atoms with Crippen molar-refractivity contribution in [1.82, 2.24) is 0 Å². The van der Waals surface area contributed by atoms with Crippen LogP contribution in [0, 0.1) is 0 Å². The summed E-state index contributed by atoms with van der Waals surface area (Å²) in [5.74, 6) is -0.652. The Labute approximate surface area is 174 Å². The van der Waals surface area contributed by atoms with Crippen molar-refractivity contribution in [3.05, 3.63) is 81.9 Å². The summed E-state index contributed by atoms with van der Waals surface area (Å²) in [6.45, 7) is 0. The number of amides is 2. The Hall–Kier alpha value is -3.29. The fourth-order valence-corrected chi connectivity index (χ4v) is 3.75. The van der Waals surface area contributed by atoms with E-state index in [4.69, 9.17) is 21.1 Å². The maximum Gasteiger partial charge on any atom is 0.335 e. The van der Waals surface area contributed by atoms with Crippen molar-refractivity contribution in [2.24, 2.45) is 0 Å². The Balaban J connectivity index is 1.60. The second-order valence-corrected chi connectivity index (χ2v) is 7.51. The number of halogens is 1. The number of aromatic carboxylic acids is 1. The largest absolute Gasteiger partial charge is 0.478 e. The van der Waals surface area contributed by atoms with Gasteiger partial charge in [-0.15, -0.1) is 0 Å². The van der Waals surface area contributed by atoms with Crippen LogP contribution < -0.4 is 4.90 Å². The molecule has 1 aliphatic heterocycles. The fourth-order valence-electron chi connectivity index (χ4n) is 2.80. The van der Waals surface area contributed by atoms with Crippen LogP contribution in [0.1, 0.15) is 16.1 Å². The molecular weight excluding hydrogens is 414 g/mol.